The van der Waals surface area contributed by atoms with Crippen LogP contribution in [-0.4, -0.2) is 20.1 Å². The Morgan fingerprint density at radius 1 is 1.12 bits per heavy atom. The van der Waals surface area contributed by atoms with Crippen LogP contribution >= 0.6 is 0 Å². The van der Waals surface area contributed by atoms with Gasteiger partial charge in [0.2, 0.25) is 5.91 Å². The van der Waals surface area contributed by atoms with Gasteiger partial charge in [-0.25, -0.2) is 8.42 Å². The van der Waals surface area contributed by atoms with E-state index in [1.54, 1.807) is 42.5 Å². The maximum atomic E-state index is 12.4. The summed E-state index contributed by atoms with van der Waals surface area (Å²) in [5.74, 6) is -0.680. The molecule has 0 aliphatic rings. The van der Waals surface area contributed by atoms with Gasteiger partial charge in [-0.05, 0) is 41.3 Å². The monoisotopic (exact) mass is 370 g/mol. The van der Waals surface area contributed by atoms with Crippen molar-refractivity contribution in [3.63, 3.8) is 0 Å². The zero-order valence-electron chi connectivity index (χ0n) is 15.1. The molecule has 0 fully saturated rings. The summed E-state index contributed by atoms with van der Waals surface area (Å²) in [5, 5.41) is 11.5. The summed E-state index contributed by atoms with van der Waals surface area (Å²) >= 11 is 0. The standard InChI is InChI=1S/C20H22N2O3S/c1-20(2,3)16-7-9-18(10-8-16)26(24,25)12-11-19(23)22-17-6-4-5-15(13-17)14-21/h4-10,13H,11-12H2,1-3H3,(H,22,23). The topological polar surface area (TPSA) is 87.0 Å². The van der Waals surface area contributed by atoms with Crippen molar-refractivity contribution in [2.24, 2.45) is 0 Å². The summed E-state index contributed by atoms with van der Waals surface area (Å²) in [7, 11) is -3.54. The number of amides is 1. The molecule has 0 radical (unpaired) electrons. The molecule has 0 unspecified atom stereocenters. The van der Waals surface area contributed by atoms with Gasteiger partial charge in [0.15, 0.2) is 9.84 Å². The summed E-state index contributed by atoms with van der Waals surface area (Å²) < 4.78 is 24.9. The first-order chi connectivity index (χ1) is 12.1. The Morgan fingerprint density at radius 2 is 1.77 bits per heavy atom. The van der Waals surface area contributed by atoms with Crippen molar-refractivity contribution in [1.29, 1.82) is 5.26 Å². The van der Waals surface area contributed by atoms with Crippen LogP contribution in [0.25, 0.3) is 0 Å². The molecule has 0 bridgehead atoms. The lowest BCUT2D eigenvalue weighted by atomic mass is 9.87. The molecule has 5 nitrogen and oxygen atoms in total. The molecule has 0 spiro atoms. The number of hydrogen-bond donors (Lipinski definition) is 1. The van der Waals surface area contributed by atoms with E-state index in [9.17, 15) is 13.2 Å². The van der Waals surface area contributed by atoms with E-state index >= 15 is 0 Å². The maximum Gasteiger partial charge on any atom is 0.225 e. The van der Waals surface area contributed by atoms with Crippen molar-refractivity contribution in [3.8, 4) is 6.07 Å². The number of sulfone groups is 1. The van der Waals surface area contributed by atoms with Crippen molar-refractivity contribution in [3.05, 3.63) is 59.7 Å². The molecule has 0 aliphatic carbocycles. The first-order valence-electron chi connectivity index (χ1n) is 8.25. The molecule has 0 heterocycles. The second-order valence-corrected chi connectivity index (χ2v) is 9.19. The number of anilines is 1. The summed E-state index contributed by atoms with van der Waals surface area (Å²) in [6, 6.07) is 15.2. The van der Waals surface area contributed by atoms with Crippen LogP contribution in [0, 0.1) is 11.3 Å². The highest BCUT2D eigenvalue weighted by Gasteiger charge is 2.19. The van der Waals surface area contributed by atoms with Gasteiger partial charge in [-0.2, -0.15) is 5.26 Å². The van der Waals surface area contributed by atoms with Gasteiger partial charge in [0.05, 0.1) is 22.3 Å². The van der Waals surface area contributed by atoms with Crippen LogP contribution in [0.2, 0.25) is 0 Å². The zero-order valence-corrected chi connectivity index (χ0v) is 15.9. The van der Waals surface area contributed by atoms with E-state index in [2.05, 4.69) is 26.1 Å². The van der Waals surface area contributed by atoms with Crippen LogP contribution in [0.3, 0.4) is 0 Å². The average molecular weight is 370 g/mol. The molecule has 0 saturated carbocycles. The second-order valence-electron chi connectivity index (χ2n) is 7.08. The quantitative estimate of drug-likeness (QED) is 0.870. The number of hydrogen-bond acceptors (Lipinski definition) is 4. The Morgan fingerprint density at radius 3 is 2.35 bits per heavy atom. The minimum absolute atomic E-state index is 0.0554. The molecule has 26 heavy (non-hydrogen) atoms. The molecule has 0 aromatic heterocycles. The molecular formula is C20H22N2O3S. The first kappa shape index (κ1) is 19.7. The number of rotatable bonds is 5. The SMILES string of the molecule is CC(C)(C)c1ccc(S(=O)(=O)CCC(=O)Nc2cccc(C#N)c2)cc1. The number of nitriles is 1. The predicted molar refractivity (Wildman–Crippen MR) is 102 cm³/mol. The van der Waals surface area contributed by atoms with E-state index in [0.29, 0.717) is 11.3 Å². The fraction of sp³-hybridized carbons (Fsp3) is 0.300. The predicted octanol–water partition coefficient (Wildman–Crippen LogP) is 3.66. The third kappa shape index (κ3) is 5.17. The van der Waals surface area contributed by atoms with Gasteiger partial charge < -0.3 is 5.32 Å². The molecule has 0 atom stereocenters. The van der Waals surface area contributed by atoms with Crippen molar-refractivity contribution < 1.29 is 13.2 Å². The normalized spacial score (nSPS) is 11.6. The number of nitrogens with zero attached hydrogens (tertiary/aromatic N) is 1. The largest absolute Gasteiger partial charge is 0.326 e. The van der Waals surface area contributed by atoms with Gasteiger partial charge in [0.1, 0.15) is 0 Å². The molecule has 0 aliphatic heterocycles. The van der Waals surface area contributed by atoms with Gasteiger partial charge in [-0.1, -0.05) is 39.0 Å². The minimum atomic E-state index is -3.54. The van der Waals surface area contributed by atoms with Crippen LogP contribution in [0.1, 0.15) is 38.3 Å². The highest BCUT2D eigenvalue weighted by molar-refractivity contribution is 7.91. The highest BCUT2D eigenvalue weighted by Crippen LogP contribution is 2.24. The zero-order chi connectivity index (χ0) is 19.4. The Hall–Kier alpha value is -2.65. The fourth-order valence-electron chi connectivity index (χ4n) is 2.40. The molecule has 136 valence electrons. The fourth-order valence-corrected chi connectivity index (χ4v) is 3.64. The van der Waals surface area contributed by atoms with E-state index in [-0.39, 0.29) is 22.5 Å². The Bertz CT molecular complexity index is 934. The van der Waals surface area contributed by atoms with Gasteiger partial charge >= 0.3 is 0 Å². The van der Waals surface area contributed by atoms with E-state index in [1.165, 1.54) is 6.07 Å². The molecular weight excluding hydrogens is 348 g/mol. The minimum Gasteiger partial charge on any atom is -0.326 e. The smallest absolute Gasteiger partial charge is 0.225 e. The summed E-state index contributed by atoms with van der Waals surface area (Å²) in [4.78, 5) is 12.2. The van der Waals surface area contributed by atoms with Crippen LogP contribution in [0.4, 0.5) is 5.69 Å². The molecule has 0 saturated heterocycles. The molecule has 2 aromatic rings. The van der Waals surface area contributed by atoms with Gasteiger partial charge in [0.25, 0.3) is 0 Å². The van der Waals surface area contributed by atoms with E-state index in [1.807, 2.05) is 6.07 Å². The van der Waals surface area contributed by atoms with Crippen LogP contribution in [0.5, 0.6) is 0 Å². The number of carbonyl (C=O) groups is 1. The average Bonchev–Trinajstić information content (AvgIpc) is 2.59. The van der Waals surface area contributed by atoms with E-state index < -0.39 is 15.7 Å². The lowest BCUT2D eigenvalue weighted by Crippen LogP contribution is -2.18. The third-order valence-electron chi connectivity index (χ3n) is 3.95. The van der Waals surface area contributed by atoms with E-state index in [4.69, 9.17) is 5.26 Å². The number of nitrogens with one attached hydrogen (secondary N) is 1. The second kappa shape index (κ2) is 7.71. The number of benzene rings is 2. The molecule has 1 amide bonds. The Labute approximate surface area is 154 Å². The molecule has 2 rings (SSSR count). The van der Waals surface area contributed by atoms with Crippen LogP contribution in [0.15, 0.2) is 53.4 Å². The lowest BCUT2D eigenvalue weighted by molar-refractivity contribution is -0.115. The van der Waals surface area contributed by atoms with Crippen molar-refractivity contribution in [2.75, 3.05) is 11.1 Å². The lowest BCUT2D eigenvalue weighted by Gasteiger charge is -2.19. The van der Waals surface area contributed by atoms with Gasteiger partial charge in [-0.15, -0.1) is 0 Å². The Kier molecular flexibility index (Phi) is 5.83. The first-order valence-corrected chi connectivity index (χ1v) is 9.90. The third-order valence-corrected chi connectivity index (χ3v) is 5.68. The van der Waals surface area contributed by atoms with Crippen LogP contribution < -0.4 is 5.32 Å². The summed E-state index contributed by atoms with van der Waals surface area (Å²) in [6.07, 6.45) is -0.153. The van der Waals surface area contributed by atoms with Gasteiger partial charge in [-0.3, -0.25) is 4.79 Å². The summed E-state index contributed by atoms with van der Waals surface area (Å²) in [6.45, 7) is 6.17. The van der Waals surface area contributed by atoms with Crippen LogP contribution in [-0.2, 0) is 20.0 Å². The molecule has 6 heteroatoms. The molecule has 1 N–H and O–H groups in total. The maximum absolute atomic E-state index is 12.4. The van der Waals surface area contributed by atoms with Crippen molar-refractivity contribution in [1.82, 2.24) is 0 Å². The van der Waals surface area contributed by atoms with Crippen molar-refractivity contribution >= 4 is 21.4 Å². The Balaban J connectivity index is 2.01. The number of carbonyl (C=O) groups excluding carboxylic acids is 1. The van der Waals surface area contributed by atoms with Crippen molar-refractivity contribution in [2.45, 2.75) is 37.5 Å². The van der Waals surface area contributed by atoms with Gasteiger partial charge in [0, 0.05) is 12.1 Å². The van der Waals surface area contributed by atoms with E-state index in [0.717, 1.165) is 5.56 Å². The summed E-state index contributed by atoms with van der Waals surface area (Å²) in [5.41, 5.74) is 1.89. The molecule has 2 aromatic carbocycles. The highest BCUT2D eigenvalue weighted by atomic mass is 32.2.